The third-order valence-electron chi connectivity index (χ3n) is 4.03. The Kier molecular flexibility index (Phi) is 4.37. The molecule has 3 nitrogen and oxygen atoms in total. The summed E-state index contributed by atoms with van der Waals surface area (Å²) in [5, 5.41) is 3.86. The highest BCUT2D eigenvalue weighted by Crippen LogP contribution is 2.50. The van der Waals surface area contributed by atoms with Gasteiger partial charge in [0, 0.05) is 26.9 Å². The molecule has 0 aliphatic carbocycles. The summed E-state index contributed by atoms with van der Waals surface area (Å²) >= 11 is 11.8. The second-order valence-electron chi connectivity index (χ2n) is 5.88. The van der Waals surface area contributed by atoms with Crippen LogP contribution < -0.4 is 5.73 Å². The summed E-state index contributed by atoms with van der Waals surface area (Å²) in [4.78, 5) is 4.95. The Morgan fingerprint density at radius 1 is 1.12 bits per heavy atom. The van der Waals surface area contributed by atoms with Crippen LogP contribution in [0.25, 0.3) is 0 Å². The lowest BCUT2D eigenvalue weighted by molar-refractivity contribution is -0.275. The van der Waals surface area contributed by atoms with E-state index in [1.165, 1.54) is 18.2 Å². The lowest BCUT2D eigenvalue weighted by Gasteiger charge is -2.29. The van der Waals surface area contributed by atoms with E-state index >= 15 is 0 Å². The Labute approximate surface area is 152 Å². The second-order valence-corrected chi connectivity index (χ2v) is 6.75. The molecule has 1 aliphatic rings. The van der Waals surface area contributed by atoms with Gasteiger partial charge in [-0.25, -0.2) is 0 Å². The van der Waals surface area contributed by atoms with E-state index in [1.807, 2.05) is 6.92 Å². The molecule has 0 amide bonds. The van der Waals surface area contributed by atoms with E-state index in [4.69, 9.17) is 33.8 Å². The molecule has 132 valence electrons. The Balaban J connectivity index is 2.08. The highest BCUT2D eigenvalue weighted by atomic mass is 35.5. The molecule has 0 saturated carbocycles. The highest BCUT2D eigenvalue weighted by molar-refractivity contribution is 6.34. The summed E-state index contributed by atoms with van der Waals surface area (Å²) < 4.78 is 41.8. The molecule has 1 unspecified atom stereocenters. The smallest absolute Gasteiger partial charge is 0.398 e. The van der Waals surface area contributed by atoms with Gasteiger partial charge in [0.2, 0.25) is 0 Å². The zero-order valence-corrected chi connectivity index (χ0v) is 14.5. The first-order valence-electron chi connectivity index (χ1n) is 7.27. The predicted molar refractivity (Wildman–Crippen MR) is 92.0 cm³/mol. The summed E-state index contributed by atoms with van der Waals surface area (Å²) in [6, 6.07) is 8.78. The number of nitrogens with zero attached hydrogens (tertiary/aromatic N) is 1. The molecule has 0 fully saturated rings. The van der Waals surface area contributed by atoms with Crippen LogP contribution in [0.5, 0.6) is 0 Å². The number of anilines is 1. The Hall–Kier alpha value is -1.92. The van der Waals surface area contributed by atoms with E-state index in [9.17, 15) is 13.2 Å². The topological polar surface area (TPSA) is 47.6 Å². The fourth-order valence-corrected chi connectivity index (χ4v) is 3.28. The van der Waals surface area contributed by atoms with Crippen molar-refractivity contribution in [1.82, 2.24) is 0 Å². The lowest BCUT2D eigenvalue weighted by Crippen LogP contribution is -2.42. The van der Waals surface area contributed by atoms with Gasteiger partial charge in [0.15, 0.2) is 0 Å². The molecular weight excluding hydrogens is 376 g/mol. The van der Waals surface area contributed by atoms with Crippen LogP contribution in [-0.2, 0) is 10.4 Å². The molecule has 1 aliphatic heterocycles. The van der Waals surface area contributed by atoms with Crippen molar-refractivity contribution in [2.24, 2.45) is 5.16 Å². The molecule has 3 rings (SSSR count). The number of aryl methyl sites for hydroxylation is 1. The van der Waals surface area contributed by atoms with Crippen LogP contribution in [0.15, 0.2) is 41.6 Å². The summed E-state index contributed by atoms with van der Waals surface area (Å²) in [7, 11) is 0. The molecule has 0 saturated heterocycles. The van der Waals surface area contributed by atoms with Gasteiger partial charge < -0.3 is 10.6 Å². The number of oxime groups is 1. The van der Waals surface area contributed by atoms with E-state index in [1.54, 1.807) is 18.2 Å². The van der Waals surface area contributed by atoms with Gasteiger partial charge in [0.1, 0.15) is 0 Å². The molecule has 0 radical (unpaired) electrons. The molecule has 1 atom stereocenters. The van der Waals surface area contributed by atoms with Gasteiger partial charge in [-0.3, -0.25) is 0 Å². The Morgan fingerprint density at radius 3 is 2.36 bits per heavy atom. The molecule has 0 spiro atoms. The van der Waals surface area contributed by atoms with Crippen molar-refractivity contribution in [1.29, 1.82) is 0 Å². The maximum Gasteiger partial charge on any atom is 0.435 e. The summed E-state index contributed by atoms with van der Waals surface area (Å²) in [5.41, 5.74) is 4.74. The van der Waals surface area contributed by atoms with Crippen LogP contribution in [0.3, 0.4) is 0 Å². The quantitative estimate of drug-likeness (QED) is 0.693. The monoisotopic (exact) mass is 388 g/mol. The minimum atomic E-state index is -4.73. The Bertz CT molecular complexity index is 847. The van der Waals surface area contributed by atoms with Gasteiger partial charge in [0.05, 0.1) is 12.1 Å². The van der Waals surface area contributed by atoms with Gasteiger partial charge in [-0.15, -0.1) is 0 Å². The molecule has 2 N–H and O–H groups in total. The third kappa shape index (κ3) is 3.16. The zero-order valence-electron chi connectivity index (χ0n) is 13.0. The van der Waals surface area contributed by atoms with E-state index in [-0.39, 0.29) is 21.3 Å². The van der Waals surface area contributed by atoms with Crippen LogP contribution in [0.2, 0.25) is 10.0 Å². The standard InChI is InChI=1S/C17H13Cl2F3N2O/c1-9-2-3-14(23)13(4-9)15-8-16(25-24-15,17(20,21)22)10-5-11(18)7-12(19)6-10/h2-7H,8,23H2,1H3. The van der Waals surface area contributed by atoms with Gasteiger partial charge in [-0.2, -0.15) is 13.2 Å². The number of nitrogen functional groups attached to an aromatic ring is 1. The predicted octanol–water partition coefficient (Wildman–Crippen LogP) is 5.47. The molecule has 1 heterocycles. The molecule has 2 aromatic carbocycles. The van der Waals surface area contributed by atoms with Crippen molar-refractivity contribution < 1.29 is 18.0 Å². The fraction of sp³-hybridized carbons (Fsp3) is 0.235. The highest BCUT2D eigenvalue weighted by Gasteiger charge is 2.62. The molecular formula is C17H13Cl2F3N2O. The van der Waals surface area contributed by atoms with Crippen LogP contribution in [-0.4, -0.2) is 11.9 Å². The van der Waals surface area contributed by atoms with Crippen molar-refractivity contribution in [3.63, 3.8) is 0 Å². The van der Waals surface area contributed by atoms with Crippen LogP contribution in [0, 0.1) is 6.92 Å². The normalized spacial score (nSPS) is 20.3. The number of alkyl halides is 3. The van der Waals surface area contributed by atoms with Gasteiger partial charge in [0.25, 0.3) is 5.60 Å². The Morgan fingerprint density at radius 2 is 1.76 bits per heavy atom. The number of hydrogen-bond donors (Lipinski definition) is 1. The third-order valence-corrected chi connectivity index (χ3v) is 4.47. The first-order valence-corrected chi connectivity index (χ1v) is 8.03. The van der Waals surface area contributed by atoms with Gasteiger partial charge in [-0.05, 0) is 37.3 Å². The number of halogens is 5. The SMILES string of the molecule is Cc1ccc(N)c(C2=NOC(c3cc(Cl)cc(Cl)c3)(C(F)(F)F)C2)c1. The minimum Gasteiger partial charge on any atom is -0.398 e. The molecule has 8 heteroatoms. The van der Waals surface area contributed by atoms with E-state index < -0.39 is 18.2 Å². The molecule has 0 aromatic heterocycles. The van der Waals surface area contributed by atoms with Crippen LogP contribution in [0.1, 0.15) is 23.1 Å². The second kappa shape index (κ2) is 6.11. The van der Waals surface area contributed by atoms with Gasteiger partial charge >= 0.3 is 6.18 Å². The number of hydrogen-bond acceptors (Lipinski definition) is 3. The molecule has 2 aromatic rings. The number of nitrogens with two attached hydrogens (primary N) is 1. The summed E-state index contributed by atoms with van der Waals surface area (Å²) in [6.45, 7) is 1.81. The lowest BCUT2D eigenvalue weighted by atomic mass is 9.86. The van der Waals surface area contributed by atoms with E-state index in [0.29, 0.717) is 11.3 Å². The minimum absolute atomic E-state index is 0.0817. The van der Waals surface area contributed by atoms with Crippen molar-refractivity contribution in [2.45, 2.75) is 25.1 Å². The largest absolute Gasteiger partial charge is 0.435 e. The van der Waals surface area contributed by atoms with Crippen molar-refractivity contribution >= 4 is 34.6 Å². The first-order chi connectivity index (χ1) is 11.6. The average molecular weight is 389 g/mol. The first kappa shape index (κ1) is 17.9. The van der Waals surface area contributed by atoms with Crippen LogP contribution >= 0.6 is 23.2 Å². The molecule has 25 heavy (non-hydrogen) atoms. The maximum atomic E-state index is 13.9. The molecule has 0 bridgehead atoms. The number of benzene rings is 2. The summed E-state index contributed by atoms with van der Waals surface area (Å²) in [5.74, 6) is 0. The van der Waals surface area contributed by atoms with Gasteiger partial charge in [-0.1, -0.05) is 40.0 Å². The average Bonchev–Trinajstić information content (AvgIpc) is 2.95. The van der Waals surface area contributed by atoms with Crippen molar-refractivity contribution in [2.75, 3.05) is 5.73 Å². The van der Waals surface area contributed by atoms with E-state index in [0.717, 1.165) is 5.56 Å². The van der Waals surface area contributed by atoms with E-state index in [2.05, 4.69) is 5.16 Å². The van der Waals surface area contributed by atoms with Crippen molar-refractivity contribution in [3.05, 3.63) is 63.1 Å². The van der Waals surface area contributed by atoms with Crippen LogP contribution in [0.4, 0.5) is 18.9 Å². The number of rotatable bonds is 2. The van der Waals surface area contributed by atoms with Crippen molar-refractivity contribution in [3.8, 4) is 0 Å². The maximum absolute atomic E-state index is 13.9. The zero-order chi connectivity index (χ0) is 18.4. The fourth-order valence-electron chi connectivity index (χ4n) is 2.76. The summed E-state index contributed by atoms with van der Waals surface area (Å²) in [6.07, 6.45) is -5.26.